The minimum Gasteiger partial charge on any atom is -0.450 e. The van der Waals surface area contributed by atoms with Gasteiger partial charge in [0.2, 0.25) is 11.7 Å². The molecule has 5 nitrogen and oxygen atoms in total. The van der Waals surface area contributed by atoms with E-state index < -0.39 is 11.8 Å². The summed E-state index contributed by atoms with van der Waals surface area (Å²) in [6.07, 6.45) is 1.57. The van der Waals surface area contributed by atoms with Crippen molar-refractivity contribution in [3.63, 3.8) is 0 Å². The van der Waals surface area contributed by atoms with Crippen LogP contribution in [-0.4, -0.2) is 11.0 Å². The first-order chi connectivity index (χ1) is 12.6. The zero-order chi connectivity index (χ0) is 18.1. The SMILES string of the molecule is Cc1c(C(=O)OCc2ncc(-c3ccccc3)o2)oc2c(F)cccc12. The third kappa shape index (κ3) is 2.86. The Morgan fingerprint density at radius 3 is 2.69 bits per heavy atom. The lowest BCUT2D eigenvalue weighted by molar-refractivity contribution is 0.0404. The lowest BCUT2D eigenvalue weighted by Crippen LogP contribution is -2.05. The second-order valence-corrected chi connectivity index (χ2v) is 5.73. The average Bonchev–Trinajstić information content (AvgIpc) is 3.27. The van der Waals surface area contributed by atoms with Crippen LogP contribution in [0.4, 0.5) is 4.39 Å². The van der Waals surface area contributed by atoms with E-state index in [1.807, 2.05) is 30.3 Å². The van der Waals surface area contributed by atoms with Crippen molar-refractivity contribution in [1.29, 1.82) is 0 Å². The molecule has 2 aromatic carbocycles. The zero-order valence-corrected chi connectivity index (χ0v) is 13.9. The topological polar surface area (TPSA) is 65.5 Å². The standard InChI is InChI=1S/C20H14FNO4/c1-12-14-8-5-9-15(21)19(14)26-18(12)20(23)24-11-17-22-10-16(25-17)13-6-3-2-4-7-13/h2-10H,11H2,1H3. The summed E-state index contributed by atoms with van der Waals surface area (Å²) in [6, 6.07) is 14.0. The molecule has 0 unspecified atom stereocenters. The van der Waals surface area contributed by atoms with Gasteiger partial charge in [-0.2, -0.15) is 0 Å². The third-order valence-electron chi connectivity index (χ3n) is 4.04. The van der Waals surface area contributed by atoms with Crippen molar-refractivity contribution in [2.75, 3.05) is 0 Å². The van der Waals surface area contributed by atoms with Crippen LogP contribution in [0.2, 0.25) is 0 Å². The maximum atomic E-state index is 13.8. The quantitative estimate of drug-likeness (QED) is 0.490. The highest BCUT2D eigenvalue weighted by atomic mass is 19.1. The Morgan fingerprint density at radius 1 is 1.12 bits per heavy atom. The van der Waals surface area contributed by atoms with Gasteiger partial charge in [-0.15, -0.1) is 0 Å². The van der Waals surface area contributed by atoms with E-state index in [4.69, 9.17) is 13.6 Å². The molecule has 0 radical (unpaired) electrons. The summed E-state index contributed by atoms with van der Waals surface area (Å²) in [6.45, 7) is 1.53. The number of esters is 1. The van der Waals surface area contributed by atoms with Crippen LogP contribution in [0.25, 0.3) is 22.3 Å². The van der Waals surface area contributed by atoms with Crippen molar-refractivity contribution in [2.45, 2.75) is 13.5 Å². The van der Waals surface area contributed by atoms with E-state index in [1.54, 1.807) is 25.3 Å². The van der Waals surface area contributed by atoms with Crippen LogP contribution in [0.3, 0.4) is 0 Å². The van der Waals surface area contributed by atoms with E-state index in [0.29, 0.717) is 16.7 Å². The van der Waals surface area contributed by atoms with Crippen LogP contribution in [-0.2, 0) is 11.3 Å². The van der Waals surface area contributed by atoms with Crippen LogP contribution in [0.15, 0.2) is 63.6 Å². The fourth-order valence-corrected chi connectivity index (χ4v) is 2.71. The fourth-order valence-electron chi connectivity index (χ4n) is 2.71. The van der Waals surface area contributed by atoms with Crippen LogP contribution in [0, 0.1) is 12.7 Å². The molecule has 0 spiro atoms. The monoisotopic (exact) mass is 351 g/mol. The molecule has 130 valence electrons. The Balaban J connectivity index is 1.50. The van der Waals surface area contributed by atoms with Crippen molar-refractivity contribution < 1.29 is 22.8 Å². The lowest BCUT2D eigenvalue weighted by Gasteiger charge is -2.00. The smallest absolute Gasteiger partial charge is 0.375 e. The lowest BCUT2D eigenvalue weighted by atomic mass is 10.1. The van der Waals surface area contributed by atoms with Crippen molar-refractivity contribution in [3.8, 4) is 11.3 Å². The summed E-state index contributed by atoms with van der Waals surface area (Å²) in [7, 11) is 0. The Hall–Kier alpha value is -3.41. The van der Waals surface area contributed by atoms with E-state index >= 15 is 0 Å². The molecular weight excluding hydrogens is 337 g/mol. The van der Waals surface area contributed by atoms with Gasteiger partial charge in [0.15, 0.2) is 23.8 Å². The molecule has 2 heterocycles. The Labute approximate surface area is 148 Å². The predicted molar refractivity (Wildman–Crippen MR) is 92.0 cm³/mol. The molecule has 0 atom stereocenters. The molecule has 4 aromatic rings. The van der Waals surface area contributed by atoms with Crippen LogP contribution in [0.1, 0.15) is 22.0 Å². The van der Waals surface area contributed by atoms with Gasteiger partial charge in [0, 0.05) is 16.5 Å². The summed E-state index contributed by atoms with van der Waals surface area (Å²) in [5, 5.41) is 0.541. The molecule has 6 heteroatoms. The molecule has 2 aromatic heterocycles. The average molecular weight is 351 g/mol. The number of para-hydroxylation sites is 1. The molecule has 0 N–H and O–H groups in total. The Bertz CT molecular complexity index is 1080. The molecule has 4 rings (SSSR count). The minimum absolute atomic E-state index is 0.0278. The summed E-state index contributed by atoms with van der Waals surface area (Å²) in [5.41, 5.74) is 1.45. The van der Waals surface area contributed by atoms with E-state index in [1.165, 1.54) is 6.07 Å². The van der Waals surface area contributed by atoms with Gasteiger partial charge in [-0.05, 0) is 13.0 Å². The number of aromatic nitrogens is 1. The fraction of sp³-hybridized carbons (Fsp3) is 0.100. The van der Waals surface area contributed by atoms with Gasteiger partial charge in [-0.1, -0.05) is 42.5 Å². The number of ether oxygens (including phenoxy) is 1. The Kier molecular flexibility index (Phi) is 4.01. The maximum Gasteiger partial charge on any atom is 0.375 e. The maximum absolute atomic E-state index is 13.8. The molecular formula is C20H14FNO4. The van der Waals surface area contributed by atoms with Crippen molar-refractivity contribution in [1.82, 2.24) is 4.98 Å². The number of benzene rings is 2. The van der Waals surface area contributed by atoms with Gasteiger partial charge >= 0.3 is 5.97 Å². The van der Waals surface area contributed by atoms with E-state index in [2.05, 4.69) is 4.98 Å². The molecule has 0 amide bonds. The number of hydrogen-bond acceptors (Lipinski definition) is 5. The normalized spacial score (nSPS) is 11.0. The van der Waals surface area contributed by atoms with Crippen LogP contribution < -0.4 is 0 Å². The van der Waals surface area contributed by atoms with Crippen molar-refractivity contribution >= 4 is 16.9 Å². The van der Waals surface area contributed by atoms with Gasteiger partial charge in [0.05, 0.1) is 6.20 Å². The largest absolute Gasteiger partial charge is 0.450 e. The molecule has 0 aliphatic carbocycles. The highest BCUT2D eigenvalue weighted by Crippen LogP contribution is 2.28. The van der Waals surface area contributed by atoms with Gasteiger partial charge in [0.1, 0.15) is 0 Å². The van der Waals surface area contributed by atoms with Gasteiger partial charge < -0.3 is 13.6 Å². The van der Waals surface area contributed by atoms with Gasteiger partial charge in [-0.25, -0.2) is 14.2 Å². The van der Waals surface area contributed by atoms with E-state index in [-0.39, 0.29) is 23.8 Å². The van der Waals surface area contributed by atoms with Gasteiger partial charge in [0.25, 0.3) is 0 Å². The molecule has 0 bridgehead atoms. The molecule has 26 heavy (non-hydrogen) atoms. The third-order valence-corrected chi connectivity index (χ3v) is 4.04. The molecule has 0 saturated carbocycles. The highest BCUT2D eigenvalue weighted by molar-refractivity contribution is 5.96. The second kappa shape index (κ2) is 6.48. The minimum atomic E-state index is -0.697. The summed E-state index contributed by atoms with van der Waals surface area (Å²) in [5.74, 6) is -0.405. The number of nitrogens with zero attached hydrogens (tertiary/aromatic N) is 1. The van der Waals surface area contributed by atoms with Crippen LogP contribution >= 0.6 is 0 Å². The van der Waals surface area contributed by atoms with Crippen molar-refractivity contribution in [3.05, 3.63) is 77.8 Å². The summed E-state index contributed by atoms with van der Waals surface area (Å²) >= 11 is 0. The first-order valence-corrected chi connectivity index (χ1v) is 7.98. The number of fused-ring (bicyclic) bond motifs is 1. The molecule has 0 fully saturated rings. The van der Waals surface area contributed by atoms with E-state index in [9.17, 15) is 9.18 Å². The number of halogens is 1. The molecule has 0 aliphatic rings. The number of furan rings is 1. The van der Waals surface area contributed by atoms with E-state index in [0.717, 1.165) is 5.56 Å². The van der Waals surface area contributed by atoms with Gasteiger partial charge in [-0.3, -0.25) is 0 Å². The predicted octanol–water partition coefficient (Wildman–Crippen LogP) is 4.89. The summed E-state index contributed by atoms with van der Waals surface area (Å²) < 4.78 is 29.9. The highest BCUT2D eigenvalue weighted by Gasteiger charge is 2.21. The number of aryl methyl sites for hydroxylation is 1. The number of rotatable bonds is 4. The Morgan fingerprint density at radius 2 is 1.92 bits per heavy atom. The first kappa shape index (κ1) is 16.1. The number of oxazole rings is 1. The number of carbonyl (C=O) groups is 1. The molecule has 0 saturated heterocycles. The summed E-state index contributed by atoms with van der Waals surface area (Å²) in [4.78, 5) is 16.4. The number of hydrogen-bond donors (Lipinski definition) is 0. The second-order valence-electron chi connectivity index (χ2n) is 5.73. The first-order valence-electron chi connectivity index (χ1n) is 7.98. The van der Waals surface area contributed by atoms with Crippen LogP contribution in [0.5, 0.6) is 0 Å². The zero-order valence-electron chi connectivity index (χ0n) is 13.9. The number of carbonyl (C=O) groups excluding carboxylic acids is 1. The van der Waals surface area contributed by atoms with Crippen molar-refractivity contribution in [2.24, 2.45) is 0 Å². The molecule has 0 aliphatic heterocycles.